The monoisotopic (exact) mass is 287 g/mol. The van der Waals surface area contributed by atoms with E-state index in [9.17, 15) is 14.9 Å². The SMILES string of the molecule is CCCCOC(=O)COc1c(Cl)cccc1[N+](=O)[O-]. The van der Waals surface area contributed by atoms with E-state index in [0.29, 0.717) is 6.61 Å². The van der Waals surface area contributed by atoms with E-state index >= 15 is 0 Å². The van der Waals surface area contributed by atoms with Gasteiger partial charge in [0.2, 0.25) is 5.75 Å². The zero-order valence-corrected chi connectivity index (χ0v) is 11.2. The van der Waals surface area contributed by atoms with E-state index < -0.39 is 17.5 Å². The molecule has 0 amide bonds. The molecule has 0 unspecified atom stereocenters. The number of carbonyl (C=O) groups is 1. The van der Waals surface area contributed by atoms with Crippen molar-refractivity contribution < 1.29 is 19.2 Å². The second kappa shape index (κ2) is 7.58. The number of nitro benzene ring substituents is 1. The summed E-state index contributed by atoms with van der Waals surface area (Å²) in [5, 5.41) is 10.9. The van der Waals surface area contributed by atoms with Crippen molar-refractivity contribution in [2.45, 2.75) is 19.8 Å². The third-order valence-corrected chi connectivity index (χ3v) is 2.54. The summed E-state index contributed by atoms with van der Waals surface area (Å²) in [4.78, 5) is 21.5. The molecule has 0 bridgehead atoms. The largest absolute Gasteiger partial charge is 0.474 e. The van der Waals surface area contributed by atoms with Gasteiger partial charge in [-0.05, 0) is 12.5 Å². The number of ether oxygens (including phenoxy) is 2. The maximum Gasteiger partial charge on any atom is 0.344 e. The Morgan fingerprint density at radius 3 is 2.84 bits per heavy atom. The molecule has 6 nitrogen and oxygen atoms in total. The van der Waals surface area contributed by atoms with Gasteiger partial charge in [0.15, 0.2) is 6.61 Å². The molecule has 1 aromatic rings. The number of rotatable bonds is 7. The van der Waals surface area contributed by atoms with Crippen LogP contribution in [0.4, 0.5) is 5.69 Å². The summed E-state index contributed by atoms with van der Waals surface area (Å²) in [7, 11) is 0. The zero-order valence-electron chi connectivity index (χ0n) is 10.4. The number of nitro groups is 1. The van der Waals surface area contributed by atoms with E-state index in [0.717, 1.165) is 12.8 Å². The van der Waals surface area contributed by atoms with E-state index in [4.69, 9.17) is 21.1 Å². The summed E-state index contributed by atoms with van der Waals surface area (Å²) in [5.41, 5.74) is -0.283. The fourth-order valence-corrected chi connectivity index (χ4v) is 1.51. The molecule has 0 aromatic heterocycles. The van der Waals surface area contributed by atoms with Crippen LogP contribution in [-0.2, 0) is 9.53 Å². The van der Waals surface area contributed by atoms with Gasteiger partial charge >= 0.3 is 11.7 Å². The number of hydrogen-bond donors (Lipinski definition) is 0. The quantitative estimate of drug-likeness (QED) is 0.333. The van der Waals surface area contributed by atoms with Crippen LogP contribution in [0, 0.1) is 10.1 Å². The minimum absolute atomic E-state index is 0.0792. The average molecular weight is 288 g/mol. The maximum atomic E-state index is 11.3. The van der Waals surface area contributed by atoms with Crippen LogP contribution in [0.3, 0.4) is 0 Å². The predicted molar refractivity (Wildman–Crippen MR) is 69.5 cm³/mol. The van der Waals surface area contributed by atoms with Gasteiger partial charge in [0.1, 0.15) is 0 Å². The number of halogens is 1. The molecule has 0 aliphatic heterocycles. The number of nitrogens with zero attached hydrogens (tertiary/aromatic N) is 1. The zero-order chi connectivity index (χ0) is 14.3. The summed E-state index contributed by atoms with van der Waals surface area (Å²) in [6.07, 6.45) is 1.67. The lowest BCUT2D eigenvalue weighted by atomic mass is 10.3. The first-order valence-electron chi connectivity index (χ1n) is 5.77. The van der Waals surface area contributed by atoms with E-state index in [2.05, 4.69) is 0 Å². The maximum absolute atomic E-state index is 11.3. The van der Waals surface area contributed by atoms with Crippen LogP contribution in [0.15, 0.2) is 18.2 Å². The van der Waals surface area contributed by atoms with Crippen molar-refractivity contribution in [3.05, 3.63) is 33.3 Å². The molecule has 0 N–H and O–H groups in total. The molecule has 0 spiro atoms. The molecule has 0 atom stereocenters. The lowest BCUT2D eigenvalue weighted by molar-refractivity contribution is -0.385. The van der Waals surface area contributed by atoms with Crippen molar-refractivity contribution in [3.8, 4) is 5.75 Å². The Kier molecular flexibility index (Phi) is 6.08. The van der Waals surface area contributed by atoms with Crippen molar-refractivity contribution in [2.24, 2.45) is 0 Å². The van der Waals surface area contributed by atoms with Crippen molar-refractivity contribution in [1.82, 2.24) is 0 Å². The van der Waals surface area contributed by atoms with Crippen molar-refractivity contribution in [2.75, 3.05) is 13.2 Å². The molecule has 1 aromatic carbocycles. The van der Waals surface area contributed by atoms with Crippen LogP contribution in [0.5, 0.6) is 5.75 Å². The Hall–Kier alpha value is -1.82. The molecule has 104 valence electrons. The van der Waals surface area contributed by atoms with Gasteiger partial charge in [-0.15, -0.1) is 0 Å². The van der Waals surface area contributed by atoms with Gasteiger partial charge in [-0.3, -0.25) is 10.1 Å². The third-order valence-electron chi connectivity index (χ3n) is 2.24. The third kappa shape index (κ3) is 4.75. The molecule has 19 heavy (non-hydrogen) atoms. The molecule has 0 radical (unpaired) electrons. The first-order valence-corrected chi connectivity index (χ1v) is 6.15. The minimum atomic E-state index is -0.621. The summed E-state index contributed by atoms with van der Waals surface area (Å²) < 4.78 is 9.94. The molecule has 0 aliphatic rings. The van der Waals surface area contributed by atoms with Gasteiger partial charge in [0.25, 0.3) is 0 Å². The first-order chi connectivity index (χ1) is 9.06. The van der Waals surface area contributed by atoms with E-state index in [-0.39, 0.29) is 16.5 Å². The van der Waals surface area contributed by atoms with Gasteiger partial charge in [0.05, 0.1) is 16.6 Å². The number of para-hydroxylation sites is 1. The highest BCUT2D eigenvalue weighted by atomic mass is 35.5. The molecule has 0 saturated heterocycles. The smallest absolute Gasteiger partial charge is 0.344 e. The molecule has 0 aliphatic carbocycles. The number of hydrogen-bond acceptors (Lipinski definition) is 5. The molecular formula is C12H14ClNO5. The van der Waals surface area contributed by atoms with Crippen LogP contribution < -0.4 is 4.74 Å². The summed E-state index contributed by atoms with van der Waals surface area (Å²) >= 11 is 5.80. The number of esters is 1. The van der Waals surface area contributed by atoms with Crippen LogP contribution in [0.2, 0.25) is 5.02 Å². The average Bonchev–Trinajstić information content (AvgIpc) is 2.37. The number of carbonyl (C=O) groups excluding carboxylic acids is 1. The highest BCUT2D eigenvalue weighted by Crippen LogP contribution is 2.34. The molecule has 7 heteroatoms. The van der Waals surface area contributed by atoms with Crippen molar-refractivity contribution >= 4 is 23.3 Å². The lowest BCUT2D eigenvalue weighted by Gasteiger charge is -2.08. The number of benzene rings is 1. The predicted octanol–water partition coefficient (Wildman–Crippen LogP) is 2.97. The Morgan fingerprint density at radius 2 is 2.21 bits per heavy atom. The molecule has 0 heterocycles. The van der Waals surface area contributed by atoms with E-state index in [1.807, 2.05) is 6.92 Å². The van der Waals surface area contributed by atoms with Crippen LogP contribution >= 0.6 is 11.6 Å². The van der Waals surface area contributed by atoms with E-state index in [1.54, 1.807) is 0 Å². The second-order valence-electron chi connectivity index (χ2n) is 3.71. The van der Waals surface area contributed by atoms with Gasteiger partial charge in [-0.1, -0.05) is 31.0 Å². The van der Waals surface area contributed by atoms with Crippen LogP contribution in [0.1, 0.15) is 19.8 Å². The van der Waals surface area contributed by atoms with Crippen molar-refractivity contribution in [3.63, 3.8) is 0 Å². The Labute approximate surface area is 115 Å². The lowest BCUT2D eigenvalue weighted by Crippen LogP contribution is -2.16. The Bertz CT molecular complexity index is 463. The fraction of sp³-hybridized carbons (Fsp3) is 0.417. The Morgan fingerprint density at radius 1 is 1.47 bits per heavy atom. The molecule has 0 saturated carbocycles. The number of unbranched alkanes of at least 4 members (excludes halogenated alkanes) is 1. The summed E-state index contributed by atoms with van der Waals surface area (Å²) in [5.74, 6) is -0.704. The van der Waals surface area contributed by atoms with Crippen molar-refractivity contribution in [1.29, 1.82) is 0 Å². The summed E-state index contributed by atoms with van der Waals surface area (Å²) in [6.45, 7) is 1.87. The highest BCUT2D eigenvalue weighted by Gasteiger charge is 2.19. The van der Waals surface area contributed by atoms with Gasteiger partial charge in [-0.2, -0.15) is 0 Å². The second-order valence-corrected chi connectivity index (χ2v) is 4.12. The molecule has 0 fully saturated rings. The highest BCUT2D eigenvalue weighted by molar-refractivity contribution is 6.32. The van der Waals surface area contributed by atoms with Crippen LogP contribution in [0.25, 0.3) is 0 Å². The molecular weight excluding hydrogens is 274 g/mol. The molecule has 1 rings (SSSR count). The topological polar surface area (TPSA) is 78.7 Å². The van der Waals surface area contributed by atoms with Gasteiger partial charge in [-0.25, -0.2) is 4.79 Å². The Balaban J connectivity index is 2.62. The van der Waals surface area contributed by atoms with Gasteiger partial charge in [0, 0.05) is 6.07 Å². The normalized spacial score (nSPS) is 10.0. The van der Waals surface area contributed by atoms with E-state index in [1.165, 1.54) is 18.2 Å². The standard InChI is InChI=1S/C12H14ClNO5/c1-2-3-7-18-11(15)8-19-12-9(13)5-4-6-10(12)14(16)17/h4-6H,2-3,7-8H2,1H3. The van der Waals surface area contributed by atoms with Gasteiger partial charge < -0.3 is 9.47 Å². The summed E-state index contributed by atoms with van der Waals surface area (Å²) in [6, 6.07) is 4.14. The van der Waals surface area contributed by atoms with Crippen LogP contribution in [-0.4, -0.2) is 24.1 Å². The fourth-order valence-electron chi connectivity index (χ4n) is 1.29. The minimum Gasteiger partial charge on any atom is -0.474 e. The first kappa shape index (κ1) is 15.2.